The van der Waals surface area contributed by atoms with E-state index >= 15 is 0 Å². The maximum absolute atomic E-state index is 11.1. The summed E-state index contributed by atoms with van der Waals surface area (Å²) in [5.41, 5.74) is -2.09. The van der Waals surface area contributed by atoms with Crippen molar-refractivity contribution in [3.05, 3.63) is 0 Å². The van der Waals surface area contributed by atoms with Gasteiger partial charge in [-0.1, -0.05) is 0 Å². The number of rotatable bonds is 8. The molecule has 0 aromatic carbocycles. The normalized spacial score (nSPS) is 13.8. The van der Waals surface area contributed by atoms with Gasteiger partial charge in [0, 0.05) is 6.42 Å². The summed E-state index contributed by atoms with van der Waals surface area (Å²) in [5.74, 6) is -5.25. The molecule has 0 saturated carbocycles. The molecular formula is C8H14O14P2. The summed E-state index contributed by atoms with van der Waals surface area (Å²) in [7, 11) is -10.1. The summed E-state index contributed by atoms with van der Waals surface area (Å²) < 4.78 is 20.5. The summed E-state index contributed by atoms with van der Waals surface area (Å²) in [6.45, 7) is 0. The fourth-order valence-electron chi connectivity index (χ4n) is 1.21. The third-order valence-electron chi connectivity index (χ3n) is 2.40. The average molecular weight is 396 g/mol. The van der Waals surface area contributed by atoms with Gasteiger partial charge in [-0.15, -0.1) is 0 Å². The van der Waals surface area contributed by atoms with Gasteiger partial charge in [0.15, 0.2) is 5.16 Å². The molecule has 0 rings (SSSR count). The van der Waals surface area contributed by atoms with E-state index in [0.29, 0.717) is 0 Å². The topological polar surface area (TPSA) is 264 Å². The van der Waals surface area contributed by atoms with Crippen LogP contribution in [-0.4, -0.2) is 68.8 Å². The maximum Gasteiger partial charge on any atom is 0.433 e. The summed E-state index contributed by atoms with van der Waals surface area (Å²) in [6, 6.07) is 0. The highest BCUT2D eigenvalue weighted by atomic mass is 31.2. The van der Waals surface area contributed by atoms with Gasteiger partial charge in [0.05, 0.1) is 6.42 Å². The Morgan fingerprint density at radius 1 is 0.792 bits per heavy atom. The number of carboxylic acids is 3. The van der Waals surface area contributed by atoms with Crippen molar-refractivity contribution in [1.82, 2.24) is 0 Å². The minimum absolute atomic E-state index is 0.856. The number of carboxylic acid groups (broad SMARTS) is 4. The highest BCUT2D eigenvalue weighted by Crippen LogP contribution is 2.55. The third-order valence-corrected chi connectivity index (χ3v) is 4.59. The molecule has 140 valence electrons. The molecule has 0 fully saturated rings. The Balaban J connectivity index is 0. The molecule has 0 heterocycles. The number of hydrogen-bond acceptors (Lipinski definition) is 6. The van der Waals surface area contributed by atoms with Crippen molar-refractivity contribution in [2.45, 2.75) is 24.4 Å². The van der Waals surface area contributed by atoms with Gasteiger partial charge in [-0.25, -0.2) is 9.36 Å². The van der Waals surface area contributed by atoms with Crippen molar-refractivity contribution in [3.63, 3.8) is 0 Å². The Labute approximate surface area is 132 Å². The van der Waals surface area contributed by atoms with Crippen LogP contribution in [0, 0.1) is 0 Å². The summed E-state index contributed by atoms with van der Waals surface area (Å²) in [6.07, 6.45) is -3.17. The van der Waals surface area contributed by atoms with Crippen molar-refractivity contribution in [2.24, 2.45) is 0 Å². The first-order valence-electron chi connectivity index (χ1n) is 5.49. The Morgan fingerprint density at radius 2 is 1.17 bits per heavy atom. The first-order valence-corrected chi connectivity index (χ1v) is 8.71. The molecule has 1 atom stereocenters. The molecule has 0 bridgehead atoms. The van der Waals surface area contributed by atoms with Gasteiger partial charge in [0.2, 0.25) is 0 Å². The molecule has 0 aliphatic rings. The van der Waals surface area contributed by atoms with Crippen molar-refractivity contribution in [3.8, 4) is 0 Å². The molecule has 0 aliphatic carbocycles. The van der Waals surface area contributed by atoms with Crippen LogP contribution < -0.4 is 0 Å². The van der Waals surface area contributed by atoms with Gasteiger partial charge in [-0.2, -0.15) is 0 Å². The third kappa shape index (κ3) is 8.15. The van der Waals surface area contributed by atoms with Gasteiger partial charge in [0.1, 0.15) is 0 Å². The second-order valence-corrected chi connectivity index (χ2v) is 7.59. The van der Waals surface area contributed by atoms with E-state index in [1.807, 2.05) is 0 Å². The van der Waals surface area contributed by atoms with Crippen LogP contribution in [0.2, 0.25) is 0 Å². The highest BCUT2D eigenvalue weighted by Gasteiger charge is 2.55. The second kappa shape index (κ2) is 8.87. The van der Waals surface area contributed by atoms with E-state index < -0.39 is 63.2 Å². The van der Waals surface area contributed by atoms with Crippen LogP contribution in [0.15, 0.2) is 0 Å². The lowest BCUT2D eigenvalue weighted by Crippen LogP contribution is -2.41. The lowest BCUT2D eigenvalue weighted by molar-refractivity contribution is -0.148. The van der Waals surface area contributed by atoms with E-state index in [9.17, 15) is 28.3 Å². The lowest BCUT2D eigenvalue weighted by Gasteiger charge is -2.27. The van der Waals surface area contributed by atoms with Crippen molar-refractivity contribution < 1.29 is 68.3 Å². The monoisotopic (exact) mass is 396 g/mol. The van der Waals surface area contributed by atoms with Crippen LogP contribution in [0.5, 0.6) is 0 Å². The molecule has 0 spiro atoms. The molecular weight excluding hydrogens is 382 g/mol. The Bertz CT molecular complexity index is 598. The fraction of sp³-hybridized carbons (Fsp3) is 0.500. The van der Waals surface area contributed by atoms with Crippen molar-refractivity contribution in [2.75, 3.05) is 0 Å². The molecule has 0 saturated heterocycles. The second-order valence-electron chi connectivity index (χ2n) is 4.17. The first kappa shape index (κ1) is 24.4. The Hall–Kier alpha value is -1.82. The molecule has 24 heavy (non-hydrogen) atoms. The zero-order valence-electron chi connectivity index (χ0n) is 11.5. The van der Waals surface area contributed by atoms with E-state index in [0.717, 1.165) is 0 Å². The van der Waals surface area contributed by atoms with Gasteiger partial charge in [-0.05, 0) is 6.42 Å². The van der Waals surface area contributed by atoms with E-state index in [4.69, 9.17) is 40.0 Å². The lowest BCUT2D eigenvalue weighted by atomic mass is 9.98. The van der Waals surface area contributed by atoms with Gasteiger partial charge in [-0.3, -0.25) is 18.9 Å². The van der Waals surface area contributed by atoms with Gasteiger partial charge >= 0.3 is 38.8 Å². The molecule has 0 amide bonds. The predicted molar refractivity (Wildman–Crippen MR) is 71.6 cm³/mol. The van der Waals surface area contributed by atoms with Crippen molar-refractivity contribution >= 4 is 38.8 Å². The molecule has 1 unspecified atom stereocenters. The van der Waals surface area contributed by atoms with Crippen LogP contribution >= 0.6 is 15.2 Å². The van der Waals surface area contributed by atoms with Crippen LogP contribution in [-0.2, 0) is 23.5 Å². The fourth-order valence-corrected chi connectivity index (χ4v) is 2.20. The smallest absolute Gasteiger partial charge is 0.433 e. The zero-order chi connectivity index (χ0) is 19.9. The predicted octanol–water partition coefficient (Wildman–Crippen LogP) is -0.831. The summed E-state index contributed by atoms with van der Waals surface area (Å²) >= 11 is 0. The minimum Gasteiger partial charge on any atom is -0.481 e. The summed E-state index contributed by atoms with van der Waals surface area (Å²) in [4.78, 5) is 74.0. The minimum atomic E-state index is -5.32. The molecule has 0 radical (unpaired) electrons. The number of carbonyl (C=O) groups is 4. The SMILES string of the molecule is O=C(O)CCC(CC(=O)O)(C(=O)O)P(=O)(O)O.O=C(O)P(=O)(O)O. The van der Waals surface area contributed by atoms with Crippen LogP contribution in [0.25, 0.3) is 0 Å². The van der Waals surface area contributed by atoms with E-state index in [-0.39, 0.29) is 0 Å². The largest absolute Gasteiger partial charge is 0.481 e. The zero-order valence-corrected chi connectivity index (χ0v) is 13.3. The Kier molecular flexibility index (Phi) is 9.03. The van der Waals surface area contributed by atoms with E-state index in [2.05, 4.69) is 0 Å². The average Bonchev–Trinajstić information content (AvgIpc) is 2.31. The molecule has 0 aromatic rings. The van der Waals surface area contributed by atoms with E-state index in [1.165, 1.54) is 0 Å². The van der Waals surface area contributed by atoms with Crippen LogP contribution in [0.4, 0.5) is 4.79 Å². The van der Waals surface area contributed by atoms with Gasteiger partial charge in [0.25, 0.3) is 0 Å². The number of hydrogen-bond donors (Lipinski definition) is 8. The maximum atomic E-state index is 11.1. The first-order chi connectivity index (χ1) is 10.5. The number of aliphatic carboxylic acids is 3. The molecule has 8 N–H and O–H groups in total. The molecule has 16 heteroatoms. The Morgan fingerprint density at radius 3 is 1.33 bits per heavy atom. The van der Waals surface area contributed by atoms with Crippen LogP contribution in [0.1, 0.15) is 19.3 Å². The molecule has 0 aliphatic heterocycles. The van der Waals surface area contributed by atoms with Crippen molar-refractivity contribution in [1.29, 1.82) is 0 Å². The van der Waals surface area contributed by atoms with E-state index in [1.54, 1.807) is 0 Å². The van der Waals surface area contributed by atoms with Crippen LogP contribution in [0.3, 0.4) is 0 Å². The quantitative estimate of drug-likeness (QED) is 0.233. The standard InChI is InChI=1S/C7H11O9P.CH3O5P/c8-4(9)1-2-7(6(12)13,3-5(10)11)17(14,15)16;2-1(3)7(4,5)6/h1-3H2,(H,8,9)(H,10,11)(H,12,13)(H2,14,15,16);(H,2,3)(H2,4,5,6). The molecule has 0 aromatic heterocycles. The summed E-state index contributed by atoms with van der Waals surface area (Å²) in [5, 5.41) is 30.2. The highest BCUT2D eigenvalue weighted by molar-refractivity contribution is 7.69. The van der Waals surface area contributed by atoms with Gasteiger partial charge < -0.3 is 40.0 Å². The molecule has 14 nitrogen and oxygen atoms in total.